The number of thioether (sulfide) groups is 1. The number of rotatable bonds is 8. The van der Waals surface area contributed by atoms with Crippen molar-refractivity contribution in [1.29, 1.82) is 0 Å². The second-order valence-corrected chi connectivity index (χ2v) is 5.83. The number of nitrogens with one attached hydrogen (secondary N) is 1. The molecule has 122 valence electrons. The summed E-state index contributed by atoms with van der Waals surface area (Å²) in [6, 6.07) is 15.4. The third kappa shape index (κ3) is 5.53. The zero-order chi connectivity index (χ0) is 16.5. The monoisotopic (exact) mass is 331 g/mol. The summed E-state index contributed by atoms with van der Waals surface area (Å²) in [4.78, 5) is 13.0. The SMILES string of the molecule is CCOc1ccccc1CNC(=O)CSc1ccc(OC)cc1. The number of hydrogen-bond acceptors (Lipinski definition) is 4. The van der Waals surface area contributed by atoms with Gasteiger partial charge in [-0.25, -0.2) is 0 Å². The lowest BCUT2D eigenvalue weighted by atomic mass is 10.2. The van der Waals surface area contributed by atoms with Gasteiger partial charge in [0.25, 0.3) is 0 Å². The molecule has 0 fully saturated rings. The number of amides is 1. The van der Waals surface area contributed by atoms with Crippen LogP contribution >= 0.6 is 11.8 Å². The lowest BCUT2D eigenvalue weighted by molar-refractivity contribution is -0.118. The number of carbonyl (C=O) groups is 1. The maximum Gasteiger partial charge on any atom is 0.230 e. The molecule has 0 saturated heterocycles. The number of hydrogen-bond donors (Lipinski definition) is 1. The predicted octanol–water partition coefficient (Wildman–Crippen LogP) is 3.50. The maximum absolute atomic E-state index is 12.0. The molecular formula is C18H21NO3S. The van der Waals surface area contributed by atoms with E-state index in [9.17, 15) is 4.79 Å². The lowest BCUT2D eigenvalue weighted by Gasteiger charge is -2.11. The number of carbonyl (C=O) groups excluding carboxylic acids is 1. The Bertz CT molecular complexity index is 628. The van der Waals surface area contributed by atoms with E-state index in [1.807, 2.05) is 55.5 Å². The zero-order valence-corrected chi connectivity index (χ0v) is 14.2. The Kier molecular flexibility index (Phi) is 6.81. The lowest BCUT2D eigenvalue weighted by Crippen LogP contribution is -2.24. The molecule has 5 heteroatoms. The third-order valence-corrected chi connectivity index (χ3v) is 4.19. The molecule has 0 heterocycles. The zero-order valence-electron chi connectivity index (χ0n) is 13.4. The summed E-state index contributed by atoms with van der Waals surface area (Å²) in [6.45, 7) is 3.03. The molecule has 0 unspecified atom stereocenters. The quantitative estimate of drug-likeness (QED) is 0.752. The topological polar surface area (TPSA) is 47.6 Å². The molecule has 0 spiro atoms. The minimum atomic E-state index is -0.00267. The van der Waals surface area contributed by atoms with Gasteiger partial charge in [-0.05, 0) is 37.3 Å². The van der Waals surface area contributed by atoms with Crippen LogP contribution in [-0.4, -0.2) is 25.4 Å². The molecule has 0 aliphatic carbocycles. The average Bonchev–Trinajstić information content (AvgIpc) is 2.60. The summed E-state index contributed by atoms with van der Waals surface area (Å²) in [5.74, 6) is 2.00. The molecule has 1 amide bonds. The van der Waals surface area contributed by atoms with Gasteiger partial charge in [-0.15, -0.1) is 11.8 Å². The molecule has 2 rings (SSSR count). The Labute approximate surface area is 141 Å². The van der Waals surface area contributed by atoms with E-state index in [1.165, 1.54) is 11.8 Å². The van der Waals surface area contributed by atoms with Crippen molar-refractivity contribution in [3.05, 3.63) is 54.1 Å². The van der Waals surface area contributed by atoms with E-state index < -0.39 is 0 Å². The molecule has 2 aromatic rings. The van der Waals surface area contributed by atoms with Crippen molar-refractivity contribution < 1.29 is 14.3 Å². The van der Waals surface area contributed by atoms with Crippen LogP contribution in [0.25, 0.3) is 0 Å². The number of benzene rings is 2. The van der Waals surface area contributed by atoms with E-state index in [1.54, 1.807) is 7.11 Å². The van der Waals surface area contributed by atoms with Gasteiger partial charge in [0.2, 0.25) is 5.91 Å². The fraction of sp³-hybridized carbons (Fsp3) is 0.278. The second kappa shape index (κ2) is 9.10. The van der Waals surface area contributed by atoms with Crippen LogP contribution in [-0.2, 0) is 11.3 Å². The van der Waals surface area contributed by atoms with Crippen LogP contribution in [0.1, 0.15) is 12.5 Å². The molecule has 0 saturated carbocycles. The first-order chi connectivity index (χ1) is 11.2. The fourth-order valence-corrected chi connectivity index (χ4v) is 2.74. The Morgan fingerprint density at radius 1 is 1.13 bits per heavy atom. The summed E-state index contributed by atoms with van der Waals surface area (Å²) in [6.07, 6.45) is 0. The highest BCUT2D eigenvalue weighted by Crippen LogP contribution is 2.21. The van der Waals surface area contributed by atoms with E-state index in [2.05, 4.69) is 5.32 Å². The largest absolute Gasteiger partial charge is 0.497 e. The second-order valence-electron chi connectivity index (χ2n) is 4.78. The van der Waals surface area contributed by atoms with E-state index in [0.717, 1.165) is 22.0 Å². The van der Waals surface area contributed by atoms with Gasteiger partial charge in [0.15, 0.2) is 0 Å². The predicted molar refractivity (Wildman–Crippen MR) is 93.2 cm³/mol. The van der Waals surface area contributed by atoms with Crippen LogP contribution in [0.4, 0.5) is 0 Å². The Morgan fingerprint density at radius 2 is 1.87 bits per heavy atom. The van der Waals surface area contributed by atoms with Crippen LogP contribution in [0.5, 0.6) is 11.5 Å². The standard InChI is InChI=1S/C18H21NO3S/c1-3-22-17-7-5-4-6-14(17)12-19-18(20)13-23-16-10-8-15(21-2)9-11-16/h4-11H,3,12-13H2,1-2H3,(H,19,20). The molecule has 0 aliphatic rings. The van der Waals surface area contributed by atoms with Gasteiger partial charge in [0.05, 0.1) is 19.5 Å². The molecule has 23 heavy (non-hydrogen) atoms. The summed E-state index contributed by atoms with van der Waals surface area (Å²) in [5.41, 5.74) is 0.983. The highest BCUT2D eigenvalue weighted by molar-refractivity contribution is 8.00. The molecular weight excluding hydrogens is 310 g/mol. The van der Waals surface area contributed by atoms with E-state index in [-0.39, 0.29) is 5.91 Å². The molecule has 2 aromatic carbocycles. The van der Waals surface area contributed by atoms with Crippen molar-refractivity contribution in [2.24, 2.45) is 0 Å². The molecule has 0 radical (unpaired) electrons. The molecule has 0 atom stereocenters. The average molecular weight is 331 g/mol. The molecule has 1 N–H and O–H groups in total. The highest BCUT2D eigenvalue weighted by Gasteiger charge is 2.06. The van der Waals surface area contributed by atoms with Crippen molar-refractivity contribution in [2.45, 2.75) is 18.4 Å². The van der Waals surface area contributed by atoms with Crippen LogP contribution in [0.3, 0.4) is 0 Å². The van der Waals surface area contributed by atoms with Crippen molar-refractivity contribution in [3.8, 4) is 11.5 Å². The number of methoxy groups -OCH3 is 1. The van der Waals surface area contributed by atoms with Crippen LogP contribution in [0, 0.1) is 0 Å². The minimum absolute atomic E-state index is 0.00267. The van der Waals surface area contributed by atoms with Gasteiger partial charge >= 0.3 is 0 Å². The molecule has 4 nitrogen and oxygen atoms in total. The van der Waals surface area contributed by atoms with Gasteiger partial charge in [-0.1, -0.05) is 18.2 Å². The van der Waals surface area contributed by atoms with Crippen molar-refractivity contribution in [3.63, 3.8) is 0 Å². The normalized spacial score (nSPS) is 10.2. The maximum atomic E-state index is 12.0. The summed E-state index contributed by atoms with van der Waals surface area (Å²) in [7, 11) is 1.63. The first kappa shape index (κ1) is 17.2. The van der Waals surface area contributed by atoms with Crippen LogP contribution in [0.15, 0.2) is 53.4 Å². The van der Waals surface area contributed by atoms with Gasteiger partial charge in [0, 0.05) is 17.0 Å². The van der Waals surface area contributed by atoms with Crippen molar-refractivity contribution in [2.75, 3.05) is 19.5 Å². The van der Waals surface area contributed by atoms with Crippen molar-refractivity contribution in [1.82, 2.24) is 5.32 Å². The minimum Gasteiger partial charge on any atom is -0.497 e. The van der Waals surface area contributed by atoms with Crippen molar-refractivity contribution >= 4 is 17.7 Å². The van der Waals surface area contributed by atoms with E-state index in [0.29, 0.717) is 18.9 Å². The molecule has 0 bridgehead atoms. The third-order valence-electron chi connectivity index (χ3n) is 3.18. The first-order valence-corrected chi connectivity index (χ1v) is 8.45. The first-order valence-electron chi connectivity index (χ1n) is 7.47. The van der Waals surface area contributed by atoms with E-state index >= 15 is 0 Å². The van der Waals surface area contributed by atoms with Gasteiger partial charge in [-0.2, -0.15) is 0 Å². The summed E-state index contributed by atoms with van der Waals surface area (Å²) >= 11 is 1.50. The summed E-state index contributed by atoms with van der Waals surface area (Å²) in [5, 5.41) is 2.93. The van der Waals surface area contributed by atoms with E-state index in [4.69, 9.17) is 9.47 Å². The Morgan fingerprint density at radius 3 is 2.57 bits per heavy atom. The molecule has 0 aliphatic heterocycles. The Balaban J connectivity index is 1.81. The van der Waals surface area contributed by atoms with Gasteiger partial charge in [0.1, 0.15) is 11.5 Å². The van der Waals surface area contributed by atoms with Gasteiger partial charge in [-0.3, -0.25) is 4.79 Å². The Hall–Kier alpha value is -2.14. The number of ether oxygens (including phenoxy) is 2. The number of para-hydroxylation sites is 1. The van der Waals surface area contributed by atoms with Gasteiger partial charge < -0.3 is 14.8 Å². The van der Waals surface area contributed by atoms with Crippen LogP contribution < -0.4 is 14.8 Å². The highest BCUT2D eigenvalue weighted by atomic mass is 32.2. The summed E-state index contributed by atoms with van der Waals surface area (Å²) < 4.78 is 10.7. The molecule has 0 aromatic heterocycles. The fourth-order valence-electron chi connectivity index (χ4n) is 2.01. The van der Waals surface area contributed by atoms with Crippen LogP contribution in [0.2, 0.25) is 0 Å². The smallest absolute Gasteiger partial charge is 0.230 e.